The Kier molecular flexibility index (Phi) is 4.94. The van der Waals surface area contributed by atoms with Crippen LogP contribution in [0.5, 0.6) is 0 Å². The topological polar surface area (TPSA) is 49.3 Å². The number of benzene rings is 1. The van der Waals surface area contributed by atoms with Crippen LogP contribution in [0.1, 0.15) is 37.0 Å². The van der Waals surface area contributed by atoms with Gasteiger partial charge in [0.05, 0.1) is 5.69 Å². The smallest absolute Gasteiger partial charge is 0.340 e. The van der Waals surface area contributed by atoms with Gasteiger partial charge in [-0.1, -0.05) is 32.8 Å². The van der Waals surface area contributed by atoms with Gasteiger partial charge in [-0.25, -0.2) is 9.18 Å². The predicted octanol–water partition coefficient (Wildman–Crippen LogP) is 3.37. The lowest BCUT2D eigenvalue weighted by molar-refractivity contribution is 0.0693. The van der Waals surface area contributed by atoms with E-state index >= 15 is 0 Å². The van der Waals surface area contributed by atoms with E-state index in [0.717, 1.165) is 18.9 Å². The van der Waals surface area contributed by atoms with E-state index in [2.05, 4.69) is 19.2 Å². The normalized spacial score (nSPS) is 10.6. The van der Waals surface area contributed by atoms with Gasteiger partial charge in [0.25, 0.3) is 0 Å². The van der Waals surface area contributed by atoms with E-state index in [9.17, 15) is 9.18 Å². The van der Waals surface area contributed by atoms with E-state index in [1.54, 1.807) is 6.07 Å². The minimum absolute atomic E-state index is 0.279. The number of halogens is 1. The van der Waals surface area contributed by atoms with Gasteiger partial charge in [0.2, 0.25) is 0 Å². The number of nitrogens with one attached hydrogen (secondary N) is 1. The largest absolute Gasteiger partial charge is 0.478 e. The number of hydrogen-bond donors (Lipinski definition) is 2. The highest BCUT2D eigenvalue weighted by molar-refractivity contribution is 5.94. The van der Waals surface area contributed by atoms with Crippen molar-refractivity contribution in [3.63, 3.8) is 0 Å². The van der Waals surface area contributed by atoms with Gasteiger partial charge in [0, 0.05) is 6.54 Å². The zero-order valence-corrected chi connectivity index (χ0v) is 10.2. The molecule has 0 radical (unpaired) electrons. The van der Waals surface area contributed by atoms with Crippen molar-refractivity contribution in [3.8, 4) is 0 Å². The van der Waals surface area contributed by atoms with Gasteiger partial charge in [-0.15, -0.1) is 0 Å². The predicted molar refractivity (Wildman–Crippen MR) is 65.9 cm³/mol. The quantitative estimate of drug-likeness (QED) is 0.800. The molecule has 0 saturated heterocycles. The first-order valence-corrected chi connectivity index (χ1v) is 5.85. The molecule has 17 heavy (non-hydrogen) atoms. The maximum absolute atomic E-state index is 13.4. The fourth-order valence-electron chi connectivity index (χ4n) is 1.72. The molecule has 0 heterocycles. The SMILES string of the molecule is CCC(CC)CNc1cccc(F)c1C(=O)O. The molecule has 2 N–H and O–H groups in total. The van der Waals surface area contributed by atoms with Crippen molar-refractivity contribution in [2.75, 3.05) is 11.9 Å². The molecule has 0 unspecified atom stereocenters. The summed E-state index contributed by atoms with van der Waals surface area (Å²) in [5, 5.41) is 12.0. The summed E-state index contributed by atoms with van der Waals surface area (Å²) >= 11 is 0. The highest BCUT2D eigenvalue weighted by atomic mass is 19.1. The molecule has 0 bridgehead atoms. The fraction of sp³-hybridized carbons (Fsp3) is 0.462. The van der Waals surface area contributed by atoms with Gasteiger partial charge in [0.1, 0.15) is 11.4 Å². The molecule has 0 amide bonds. The number of hydrogen-bond acceptors (Lipinski definition) is 2. The van der Waals surface area contributed by atoms with Crippen molar-refractivity contribution in [2.24, 2.45) is 5.92 Å². The first-order valence-electron chi connectivity index (χ1n) is 5.85. The molecule has 1 aromatic rings. The molecule has 0 spiro atoms. The summed E-state index contributed by atoms with van der Waals surface area (Å²) in [6.45, 7) is 4.83. The maximum Gasteiger partial charge on any atom is 0.340 e. The minimum atomic E-state index is -1.24. The van der Waals surface area contributed by atoms with Crippen molar-refractivity contribution < 1.29 is 14.3 Å². The van der Waals surface area contributed by atoms with Gasteiger partial charge in [-0.3, -0.25) is 0 Å². The second kappa shape index (κ2) is 6.23. The van der Waals surface area contributed by atoms with E-state index in [1.165, 1.54) is 6.07 Å². The van der Waals surface area contributed by atoms with E-state index in [0.29, 0.717) is 18.2 Å². The average Bonchev–Trinajstić information content (AvgIpc) is 2.29. The standard InChI is InChI=1S/C13H18FNO2/c1-3-9(4-2)8-15-11-7-5-6-10(14)12(11)13(16)17/h5-7,9,15H,3-4,8H2,1-2H3,(H,16,17). The van der Waals surface area contributed by atoms with E-state index in [1.807, 2.05) is 0 Å². The van der Waals surface area contributed by atoms with Crippen LogP contribution in [-0.2, 0) is 0 Å². The van der Waals surface area contributed by atoms with Crippen molar-refractivity contribution in [2.45, 2.75) is 26.7 Å². The summed E-state index contributed by atoms with van der Waals surface area (Å²) in [5.41, 5.74) is 0.0721. The lowest BCUT2D eigenvalue weighted by Crippen LogP contribution is -2.15. The molecule has 0 saturated carbocycles. The number of carboxylic acids is 1. The summed E-state index contributed by atoms with van der Waals surface area (Å²) in [4.78, 5) is 10.9. The van der Waals surface area contributed by atoms with Crippen LogP contribution in [0.3, 0.4) is 0 Å². The molecule has 0 aliphatic rings. The molecule has 0 aliphatic carbocycles. The summed E-state index contributed by atoms with van der Waals surface area (Å²) in [6, 6.07) is 4.26. The molecular formula is C13H18FNO2. The third-order valence-corrected chi connectivity index (χ3v) is 2.96. The monoisotopic (exact) mass is 239 g/mol. The van der Waals surface area contributed by atoms with E-state index in [4.69, 9.17) is 5.11 Å². The number of carboxylic acid groups (broad SMARTS) is 1. The first-order chi connectivity index (χ1) is 8.10. The number of anilines is 1. The number of carbonyl (C=O) groups is 1. The van der Waals surface area contributed by atoms with Gasteiger partial charge in [-0.2, -0.15) is 0 Å². The van der Waals surface area contributed by atoms with Crippen LogP contribution in [0.25, 0.3) is 0 Å². The molecule has 0 aromatic heterocycles. The summed E-state index contributed by atoms with van der Waals surface area (Å²) < 4.78 is 13.4. The Morgan fingerprint density at radius 1 is 1.41 bits per heavy atom. The lowest BCUT2D eigenvalue weighted by atomic mass is 10.0. The lowest BCUT2D eigenvalue weighted by Gasteiger charge is -2.15. The fourth-order valence-corrected chi connectivity index (χ4v) is 1.72. The van der Waals surface area contributed by atoms with Crippen LogP contribution < -0.4 is 5.32 Å². The molecular weight excluding hydrogens is 221 g/mol. The summed E-state index contributed by atoms with van der Waals surface area (Å²) in [7, 11) is 0. The Hall–Kier alpha value is -1.58. The molecule has 0 fully saturated rings. The Morgan fingerprint density at radius 2 is 2.06 bits per heavy atom. The van der Waals surface area contributed by atoms with Crippen LogP contribution in [0.15, 0.2) is 18.2 Å². The van der Waals surface area contributed by atoms with Crippen molar-refractivity contribution >= 4 is 11.7 Å². The van der Waals surface area contributed by atoms with E-state index < -0.39 is 11.8 Å². The Balaban J connectivity index is 2.84. The highest BCUT2D eigenvalue weighted by Crippen LogP contribution is 2.20. The van der Waals surface area contributed by atoms with Gasteiger partial charge >= 0.3 is 5.97 Å². The van der Waals surface area contributed by atoms with Crippen molar-refractivity contribution in [1.29, 1.82) is 0 Å². The molecule has 0 aliphatic heterocycles. The zero-order chi connectivity index (χ0) is 12.8. The van der Waals surface area contributed by atoms with Crippen LogP contribution in [-0.4, -0.2) is 17.6 Å². The summed E-state index contributed by atoms with van der Waals surface area (Å²) in [6.07, 6.45) is 2.03. The van der Waals surface area contributed by atoms with Crippen LogP contribution >= 0.6 is 0 Å². The molecule has 3 nitrogen and oxygen atoms in total. The van der Waals surface area contributed by atoms with E-state index in [-0.39, 0.29) is 5.56 Å². The summed E-state index contributed by atoms with van der Waals surface area (Å²) in [5.74, 6) is -1.47. The van der Waals surface area contributed by atoms with Crippen LogP contribution in [0.4, 0.5) is 10.1 Å². The average molecular weight is 239 g/mol. The number of rotatable bonds is 6. The molecule has 0 atom stereocenters. The third-order valence-electron chi connectivity index (χ3n) is 2.96. The highest BCUT2D eigenvalue weighted by Gasteiger charge is 2.15. The van der Waals surface area contributed by atoms with Crippen molar-refractivity contribution in [3.05, 3.63) is 29.6 Å². The molecule has 1 aromatic carbocycles. The minimum Gasteiger partial charge on any atom is -0.478 e. The molecule has 4 heteroatoms. The van der Waals surface area contributed by atoms with Crippen LogP contribution in [0, 0.1) is 11.7 Å². The van der Waals surface area contributed by atoms with Gasteiger partial charge < -0.3 is 10.4 Å². The van der Waals surface area contributed by atoms with Crippen molar-refractivity contribution in [1.82, 2.24) is 0 Å². The molecule has 1 rings (SSSR count). The second-order valence-electron chi connectivity index (χ2n) is 4.03. The Labute approximate surface area is 101 Å². The Bertz CT molecular complexity index is 389. The third kappa shape index (κ3) is 3.44. The second-order valence-corrected chi connectivity index (χ2v) is 4.03. The maximum atomic E-state index is 13.4. The number of aromatic carboxylic acids is 1. The Morgan fingerprint density at radius 3 is 2.59 bits per heavy atom. The zero-order valence-electron chi connectivity index (χ0n) is 10.2. The van der Waals surface area contributed by atoms with Crippen LogP contribution in [0.2, 0.25) is 0 Å². The van der Waals surface area contributed by atoms with Gasteiger partial charge in [-0.05, 0) is 18.1 Å². The first kappa shape index (κ1) is 13.5. The molecule has 94 valence electrons. The van der Waals surface area contributed by atoms with Gasteiger partial charge in [0.15, 0.2) is 0 Å².